The minimum Gasteiger partial charge on any atom is -0.241 e. The van der Waals surface area contributed by atoms with E-state index in [2.05, 4.69) is 6.92 Å². The van der Waals surface area contributed by atoms with Crippen molar-refractivity contribution in [1.82, 2.24) is 0 Å². The molecule has 0 aromatic carbocycles. The number of halogens is 7. The highest BCUT2D eigenvalue weighted by Crippen LogP contribution is 2.33. The molecule has 0 rings (SSSR count). The van der Waals surface area contributed by atoms with Crippen LogP contribution >= 0.6 is 0 Å². The van der Waals surface area contributed by atoms with Crippen LogP contribution in [0.15, 0.2) is 0 Å². The Labute approximate surface area is 76.1 Å². The summed E-state index contributed by atoms with van der Waals surface area (Å²) in [5.41, 5.74) is 0. The average molecular weight is 225 g/mol. The molecule has 0 bridgehead atoms. The summed E-state index contributed by atoms with van der Waals surface area (Å²) in [7, 11) is 0. The van der Waals surface area contributed by atoms with E-state index in [0.29, 0.717) is 0 Å². The van der Waals surface area contributed by atoms with Crippen LogP contribution in [0.1, 0.15) is 12.8 Å². The maximum Gasteiger partial charge on any atom is 0.419 e. The smallest absolute Gasteiger partial charge is 0.241 e. The standard InChI is InChI=1S/C7H8F7/c1-2-6(10,11)4(8)3-5(9)7(12,13)14/h4-5H,1-3H2/t4?,5-/m0/s1. The predicted octanol–water partition coefficient (Wildman–Crippen LogP) is 3.47. The van der Waals surface area contributed by atoms with Crippen molar-refractivity contribution in [3.8, 4) is 0 Å². The molecule has 0 aliphatic heterocycles. The van der Waals surface area contributed by atoms with Crippen LogP contribution in [0.5, 0.6) is 0 Å². The fraction of sp³-hybridized carbons (Fsp3) is 0.857. The van der Waals surface area contributed by atoms with Crippen molar-refractivity contribution >= 4 is 0 Å². The van der Waals surface area contributed by atoms with Crippen molar-refractivity contribution in [2.75, 3.05) is 0 Å². The second-order valence-electron chi connectivity index (χ2n) is 2.72. The quantitative estimate of drug-likeness (QED) is 0.642. The van der Waals surface area contributed by atoms with E-state index < -0.39 is 37.3 Å². The summed E-state index contributed by atoms with van der Waals surface area (Å²) in [4.78, 5) is 0. The van der Waals surface area contributed by atoms with Crippen LogP contribution in [0.2, 0.25) is 0 Å². The van der Waals surface area contributed by atoms with E-state index in [4.69, 9.17) is 0 Å². The fourth-order valence-electron chi connectivity index (χ4n) is 0.644. The van der Waals surface area contributed by atoms with Crippen LogP contribution in [-0.2, 0) is 0 Å². The Balaban J connectivity index is 4.26. The van der Waals surface area contributed by atoms with Gasteiger partial charge in [-0.2, -0.15) is 13.2 Å². The first-order valence-electron chi connectivity index (χ1n) is 3.63. The second kappa shape index (κ2) is 4.35. The van der Waals surface area contributed by atoms with Gasteiger partial charge in [-0.3, -0.25) is 0 Å². The molecule has 0 spiro atoms. The summed E-state index contributed by atoms with van der Waals surface area (Å²) >= 11 is 0. The molecular weight excluding hydrogens is 217 g/mol. The summed E-state index contributed by atoms with van der Waals surface area (Å²) < 4.78 is 83.7. The van der Waals surface area contributed by atoms with Gasteiger partial charge in [0, 0.05) is 12.8 Å². The zero-order chi connectivity index (χ0) is 11.6. The number of alkyl halides is 7. The fourth-order valence-corrected chi connectivity index (χ4v) is 0.644. The molecule has 0 aromatic heterocycles. The lowest BCUT2D eigenvalue weighted by atomic mass is 10.1. The van der Waals surface area contributed by atoms with Crippen LogP contribution in [0.3, 0.4) is 0 Å². The maximum atomic E-state index is 12.4. The molecule has 1 radical (unpaired) electrons. The van der Waals surface area contributed by atoms with Crippen molar-refractivity contribution in [2.45, 2.75) is 37.3 Å². The summed E-state index contributed by atoms with van der Waals surface area (Å²) in [6.45, 7) is 2.65. The molecule has 0 heterocycles. The largest absolute Gasteiger partial charge is 0.419 e. The zero-order valence-corrected chi connectivity index (χ0v) is 6.92. The molecular formula is C7H8F7. The van der Waals surface area contributed by atoms with Gasteiger partial charge in [-0.05, 0) is 6.92 Å². The minimum atomic E-state index is -5.30. The van der Waals surface area contributed by atoms with E-state index in [1.165, 1.54) is 0 Å². The second-order valence-corrected chi connectivity index (χ2v) is 2.72. The number of hydrogen-bond acceptors (Lipinski definition) is 0. The maximum absolute atomic E-state index is 12.4. The molecule has 0 fully saturated rings. The Morgan fingerprint density at radius 3 is 1.64 bits per heavy atom. The van der Waals surface area contributed by atoms with Crippen molar-refractivity contribution < 1.29 is 30.7 Å². The van der Waals surface area contributed by atoms with E-state index in [1.54, 1.807) is 0 Å². The summed E-state index contributed by atoms with van der Waals surface area (Å²) in [6.07, 6.45) is -15.2. The van der Waals surface area contributed by atoms with Gasteiger partial charge >= 0.3 is 6.18 Å². The topological polar surface area (TPSA) is 0 Å². The van der Waals surface area contributed by atoms with E-state index in [0.717, 1.165) is 0 Å². The van der Waals surface area contributed by atoms with Gasteiger partial charge in [0.15, 0.2) is 12.3 Å². The highest BCUT2D eigenvalue weighted by Gasteiger charge is 2.47. The van der Waals surface area contributed by atoms with Gasteiger partial charge < -0.3 is 0 Å². The predicted molar refractivity (Wildman–Crippen MR) is 35.4 cm³/mol. The Bertz CT molecular complexity index is 173. The van der Waals surface area contributed by atoms with Crippen LogP contribution in [0.4, 0.5) is 30.7 Å². The first-order valence-corrected chi connectivity index (χ1v) is 3.63. The van der Waals surface area contributed by atoms with Gasteiger partial charge in [0.2, 0.25) is 0 Å². The molecule has 0 aromatic rings. The molecule has 0 aliphatic carbocycles. The summed E-state index contributed by atoms with van der Waals surface area (Å²) in [5.74, 6) is -4.02. The van der Waals surface area contributed by atoms with E-state index in [9.17, 15) is 30.7 Å². The van der Waals surface area contributed by atoms with Crippen LogP contribution < -0.4 is 0 Å². The molecule has 0 N–H and O–H groups in total. The van der Waals surface area contributed by atoms with Gasteiger partial charge in [0.1, 0.15) is 0 Å². The molecule has 0 saturated carbocycles. The molecule has 0 saturated heterocycles. The first kappa shape index (κ1) is 13.5. The highest BCUT2D eigenvalue weighted by molar-refractivity contribution is 4.82. The van der Waals surface area contributed by atoms with E-state index in [1.807, 2.05) is 0 Å². The summed E-state index contributed by atoms with van der Waals surface area (Å²) in [6, 6.07) is 0. The molecule has 1 unspecified atom stereocenters. The van der Waals surface area contributed by atoms with Gasteiger partial charge in [-0.15, -0.1) is 0 Å². The van der Waals surface area contributed by atoms with Crippen LogP contribution in [-0.4, -0.2) is 24.4 Å². The Kier molecular flexibility index (Phi) is 4.20. The molecule has 85 valence electrons. The lowest BCUT2D eigenvalue weighted by molar-refractivity contribution is -0.193. The normalized spacial score (nSPS) is 18.0. The monoisotopic (exact) mass is 225 g/mol. The van der Waals surface area contributed by atoms with Gasteiger partial charge in [-0.25, -0.2) is 17.6 Å². The van der Waals surface area contributed by atoms with Crippen molar-refractivity contribution in [3.63, 3.8) is 0 Å². The van der Waals surface area contributed by atoms with Crippen LogP contribution in [0, 0.1) is 6.92 Å². The van der Waals surface area contributed by atoms with E-state index >= 15 is 0 Å². The Hall–Kier alpha value is -0.490. The molecule has 0 aliphatic rings. The SMILES string of the molecule is [CH2]CC(F)(F)C(F)C[C@H](F)C(F)(F)F. The van der Waals surface area contributed by atoms with Crippen molar-refractivity contribution in [2.24, 2.45) is 0 Å². The van der Waals surface area contributed by atoms with Gasteiger partial charge in [-0.1, -0.05) is 0 Å². The van der Waals surface area contributed by atoms with E-state index in [-0.39, 0.29) is 0 Å². The van der Waals surface area contributed by atoms with Crippen molar-refractivity contribution in [3.05, 3.63) is 6.92 Å². The molecule has 0 nitrogen and oxygen atoms in total. The Morgan fingerprint density at radius 2 is 1.36 bits per heavy atom. The van der Waals surface area contributed by atoms with Gasteiger partial charge in [0.05, 0.1) is 0 Å². The van der Waals surface area contributed by atoms with Gasteiger partial charge in [0.25, 0.3) is 5.92 Å². The third-order valence-corrected chi connectivity index (χ3v) is 1.56. The lowest BCUT2D eigenvalue weighted by Gasteiger charge is -2.21. The summed E-state index contributed by atoms with van der Waals surface area (Å²) in [5, 5.41) is 0. The lowest BCUT2D eigenvalue weighted by Crippen LogP contribution is -2.36. The molecule has 14 heavy (non-hydrogen) atoms. The zero-order valence-electron chi connectivity index (χ0n) is 6.92. The third-order valence-electron chi connectivity index (χ3n) is 1.56. The minimum absolute atomic E-state index is 1.21. The third kappa shape index (κ3) is 3.71. The Morgan fingerprint density at radius 1 is 0.929 bits per heavy atom. The van der Waals surface area contributed by atoms with Crippen LogP contribution in [0.25, 0.3) is 0 Å². The molecule has 7 heteroatoms. The molecule has 2 atom stereocenters. The number of hydrogen-bond donors (Lipinski definition) is 0. The first-order chi connectivity index (χ1) is 6.11. The highest BCUT2D eigenvalue weighted by atomic mass is 19.4. The molecule has 0 amide bonds. The number of rotatable bonds is 4. The van der Waals surface area contributed by atoms with Crippen molar-refractivity contribution in [1.29, 1.82) is 0 Å². The average Bonchev–Trinajstić information content (AvgIpc) is 2.02.